The molecule has 0 aliphatic heterocycles. The highest BCUT2D eigenvalue weighted by Gasteiger charge is 2.19. The van der Waals surface area contributed by atoms with Crippen molar-refractivity contribution in [1.29, 1.82) is 0 Å². The number of aliphatic carboxylic acids is 2. The first-order chi connectivity index (χ1) is 6.49. The van der Waals surface area contributed by atoms with Gasteiger partial charge in [-0.3, -0.25) is 9.59 Å². The van der Waals surface area contributed by atoms with Crippen LogP contribution in [0, 0.1) is 5.92 Å². The normalized spacial score (nSPS) is 11.1. The summed E-state index contributed by atoms with van der Waals surface area (Å²) in [7, 11) is 3.75. The van der Waals surface area contributed by atoms with Gasteiger partial charge in [0, 0.05) is 0 Å². The SMILES string of the molecule is CCCC(CC(=O)O)C(=O)O.CNC. The second kappa shape index (κ2) is 9.98. The van der Waals surface area contributed by atoms with Crippen molar-refractivity contribution in [2.45, 2.75) is 26.2 Å². The quantitative estimate of drug-likeness (QED) is 0.618. The molecule has 0 radical (unpaired) electrons. The van der Waals surface area contributed by atoms with E-state index >= 15 is 0 Å². The third-order valence-electron chi connectivity index (χ3n) is 1.41. The number of carboxylic acids is 2. The number of nitrogens with one attached hydrogen (secondary N) is 1. The molecule has 0 aliphatic rings. The number of rotatable bonds is 5. The van der Waals surface area contributed by atoms with Gasteiger partial charge in [-0.05, 0) is 20.5 Å². The summed E-state index contributed by atoms with van der Waals surface area (Å²) in [4.78, 5) is 20.5. The maximum atomic E-state index is 10.4. The molecule has 0 aromatic heterocycles. The lowest BCUT2D eigenvalue weighted by molar-refractivity contribution is -0.148. The van der Waals surface area contributed by atoms with Crippen molar-refractivity contribution < 1.29 is 19.8 Å². The minimum absolute atomic E-state index is 0.275. The fourth-order valence-corrected chi connectivity index (χ4v) is 0.872. The lowest BCUT2D eigenvalue weighted by Gasteiger charge is -2.06. The molecule has 5 heteroatoms. The van der Waals surface area contributed by atoms with Gasteiger partial charge in [0.1, 0.15) is 0 Å². The number of hydrogen-bond donors (Lipinski definition) is 3. The van der Waals surface area contributed by atoms with Crippen LogP contribution in [0.25, 0.3) is 0 Å². The molecule has 0 aromatic carbocycles. The topological polar surface area (TPSA) is 86.6 Å². The molecule has 0 amide bonds. The predicted molar refractivity (Wildman–Crippen MR) is 53.3 cm³/mol. The van der Waals surface area contributed by atoms with E-state index in [4.69, 9.17) is 10.2 Å². The third kappa shape index (κ3) is 10.9. The Morgan fingerprint density at radius 1 is 1.29 bits per heavy atom. The summed E-state index contributed by atoms with van der Waals surface area (Å²) in [5, 5.41) is 19.5. The second-order valence-corrected chi connectivity index (χ2v) is 2.92. The molecule has 0 saturated heterocycles. The van der Waals surface area contributed by atoms with E-state index in [1.54, 1.807) is 0 Å². The molecule has 3 N–H and O–H groups in total. The minimum atomic E-state index is -1.05. The summed E-state index contributed by atoms with van der Waals surface area (Å²) in [6.45, 7) is 1.83. The second-order valence-electron chi connectivity index (χ2n) is 2.92. The van der Waals surface area contributed by atoms with Crippen molar-refractivity contribution in [3.63, 3.8) is 0 Å². The summed E-state index contributed by atoms with van der Waals surface area (Å²) in [6.07, 6.45) is 0.856. The van der Waals surface area contributed by atoms with Crippen LogP contribution in [0.5, 0.6) is 0 Å². The summed E-state index contributed by atoms with van der Waals surface area (Å²) >= 11 is 0. The molecule has 0 heterocycles. The van der Waals surface area contributed by atoms with E-state index < -0.39 is 17.9 Å². The van der Waals surface area contributed by atoms with E-state index in [0.717, 1.165) is 0 Å². The molecule has 0 aromatic rings. The highest BCUT2D eigenvalue weighted by atomic mass is 16.4. The Morgan fingerprint density at radius 3 is 1.93 bits per heavy atom. The van der Waals surface area contributed by atoms with Gasteiger partial charge in [0.2, 0.25) is 0 Å². The Bertz CT molecular complexity index is 170. The van der Waals surface area contributed by atoms with Gasteiger partial charge in [-0.1, -0.05) is 13.3 Å². The molecule has 0 bridgehead atoms. The van der Waals surface area contributed by atoms with Gasteiger partial charge in [0.05, 0.1) is 12.3 Å². The largest absolute Gasteiger partial charge is 0.481 e. The highest BCUT2D eigenvalue weighted by Crippen LogP contribution is 2.10. The van der Waals surface area contributed by atoms with Gasteiger partial charge in [-0.25, -0.2) is 0 Å². The predicted octanol–water partition coefficient (Wildman–Crippen LogP) is 0.798. The van der Waals surface area contributed by atoms with E-state index in [1.165, 1.54) is 0 Å². The van der Waals surface area contributed by atoms with E-state index in [0.29, 0.717) is 12.8 Å². The standard InChI is InChI=1S/C7H12O4.C2H7N/c1-2-3-5(7(10)11)4-6(8)9;1-3-2/h5H,2-4H2,1H3,(H,8,9)(H,10,11);3H,1-2H3. The van der Waals surface area contributed by atoms with Crippen LogP contribution in [0.1, 0.15) is 26.2 Å². The lowest BCUT2D eigenvalue weighted by Crippen LogP contribution is -2.17. The van der Waals surface area contributed by atoms with Crippen molar-refractivity contribution in [3.05, 3.63) is 0 Å². The molecular weight excluding hydrogens is 186 g/mol. The Morgan fingerprint density at radius 2 is 1.71 bits per heavy atom. The Labute approximate surface area is 84.1 Å². The molecule has 84 valence electrons. The van der Waals surface area contributed by atoms with Crippen LogP contribution < -0.4 is 5.32 Å². The summed E-state index contributed by atoms with van der Waals surface area (Å²) in [6, 6.07) is 0. The highest BCUT2D eigenvalue weighted by molar-refractivity contribution is 5.77. The van der Waals surface area contributed by atoms with E-state index in [-0.39, 0.29) is 6.42 Å². The van der Waals surface area contributed by atoms with E-state index in [9.17, 15) is 9.59 Å². The lowest BCUT2D eigenvalue weighted by atomic mass is 10.0. The van der Waals surface area contributed by atoms with Crippen LogP contribution in [0.2, 0.25) is 0 Å². The smallest absolute Gasteiger partial charge is 0.307 e. The molecule has 14 heavy (non-hydrogen) atoms. The van der Waals surface area contributed by atoms with Crippen molar-refractivity contribution in [2.75, 3.05) is 14.1 Å². The molecule has 0 fully saturated rings. The maximum Gasteiger partial charge on any atom is 0.307 e. The monoisotopic (exact) mass is 205 g/mol. The minimum Gasteiger partial charge on any atom is -0.481 e. The average molecular weight is 205 g/mol. The average Bonchev–Trinajstić information content (AvgIpc) is 2.04. The van der Waals surface area contributed by atoms with Gasteiger partial charge in [0.15, 0.2) is 0 Å². The molecule has 0 aliphatic carbocycles. The van der Waals surface area contributed by atoms with Gasteiger partial charge in [-0.15, -0.1) is 0 Å². The fraction of sp³-hybridized carbons (Fsp3) is 0.778. The van der Waals surface area contributed by atoms with E-state index in [1.807, 2.05) is 21.0 Å². The number of carboxylic acid groups (broad SMARTS) is 2. The maximum absolute atomic E-state index is 10.4. The zero-order chi connectivity index (χ0) is 11.6. The first-order valence-electron chi connectivity index (χ1n) is 4.52. The number of hydrogen-bond acceptors (Lipinski definition) is 3. The first kappa shape index (κ1) is 15.4. The molecule has 0 spiro atoms. The Kier molecular flexibility index (Phi) is 11.0. The van der Waals surface area contributed by atoms with Gasteiger partial charge in [0.25, 0.3) is 0 Å². The Balaban J connectivity index is 0. The zero-order valence-electron chi connectivity index (χ0n) is 8.91. The molecule has 0 rings (SSSR count). The van der Waals surface area contributed by atoms with Gasteiger partial charge < -0.3 is 15.5 Å². The van der Waals surface area contributed by atoms with Crippen molar-refractivity contribution in [3.8, 4) is 0 Å². The summed E-state index contributed by atoms with van der Waals surface area (Å²) < 4.78 is 0. The zero-order valence-corrected chi connectivity index (χ0v) is 8.91. The van der Waals surface area contributed by atoms with Crippen LogP contribution in [-0.2, 0) is 9.59 Å². The summed E-state index contributed by atoms with van der Waals surface area (Å²) in [5.41, 5.74) is 0. The van der Waals surface area contributed by atoms with Crippen molar-refractivity contribution >= 4 is 11.9 Å². The summed E-state index contributed by atoms with van der Waals surface area (Å²) in [5.74, 6) is -2.79. The molecular formula is C9H19NO4. The van der Waals surface area contributed by atoms with Crippen molar-refractivity contribution in [1.82, 2.24) is 5.32 Å². The fourth-order valence-electron chi connectivity index (χ4n) is 0.872. The number of carbonyl (C=O) groups is 2. The molecule has 1 unspecified atom stereocenters. The molecule has 1 atom stereocenters. The Hall–Kier alpha value is -1.10. The van der Waals surface area contributed by atoms with Crippen LogP contribution in [0.4, 0.5) is 0 Å². The van der Waals surface area contributed by atoms with E-state index in [2.05, 4.69) is 5.32 Å². The van der Waals surface area contributed by atoms with Crippen molar-refractivity contribution in [2.24, 2.45) is 5.92 Å². The van der Waals surface area contributed by atoms with Crippen LogP contribution in [-0.4, -0.2) is 36.2 Å². The van der Waals surface area contributed by atoms with Gasteiger partial charge in [-0.2, -0.15) is 0 Å². The van der Waals surface area contributed by atoms with Crippen LogP contribution in [0.15, 0.2) is 0 Å². The van der Waals surface area contributed by atoms with Crippen LogP contribution >= 0.6 is 0 Å². The third-order valence-corrected chi connectivity index (χ3v) is 1.41. The first-order valence-corrected chi connectivity index (χ1v) is 4.52. The molecule has 5 nitrogen and oxygen atoms in total. The van der Waals surface area contributed by atoms with Gasteiger partial charge >= 0.3 is 11.9 Å². The van der Waals surface area contributed by atoms with Crippen LogP contribution in [0.3, 0.4) is 0 Å². The molecule has 0 saturated carbocycles.